The molecule has 3 N–H and O–H groups in total. The van der Waals surface area contributed by atoms with Crippen LogP contribution in [0.1, 0.15) is 94.4 Å². The predicted molar refractivity (Wildman–Crippen MR) is 172 cm³/mol. The molecule has 0 saturated heterocycles. The highest BCUT2D eigenvalue weighted by atomic mass is 16.2. The van der Waals surface area contributed by atoms with Gasteiger partial charge in [0, 0.05) is 34.1 Å². The van der Waals surface area contributed by atoms with Gasteiger partial charge in [0.2, 0.25) is 35.4 Å². The maximum atomic E-state index is 13.9. The van der Waals surface area contributed by atoms with Crippen molar-refractivity contribution in [3.63, 3.8) is 0 Å². The zero-order chi connectivity index (χ0) is 35.2. The summed E-state index contributed by atoms with van der Waals surface area (Å²) in [5.41, 5.74) is 0. The molecule has 6 amide bonds. The fraction of sp³-hybridized carbons (Fsp3) is 0.812. The molecule has 12 heteroatoms. The third kappa shape index (κ3) is 13.6. The number of carbonyl (C=O) groups is 6. The molecule has 0 aliphatic rings. The van der Waals surface area contributed by atoms with E-state index in [0.29, 0.717) is 37.5 Å². The number of hydrogen-bond donors (Lipinski definition) is 3. The minimum atomic E-state index is -1.07. The van der Waals surface area contributed by atoms with Crippen molar-refractivity contribution in [1.29, 1.82) is 0 Å². The molecule has 254 valence electrons. The Balaban J connectivity index is 6.12. The fourth-order valence-electron chi connectivity index (χ4n) is 4.61. The van der Waals surface area contributed by atoms with E-state index >= 15 is 0 Å². The van der Waals surface area contributed by atoms with E-state index in [4.69, 9.17) is 1.41 Å². The molecule has 0 aliphatic carbocycles. The second-order valence-corrected chi connectivity index (χ2v) is 12.9. The van der Waals surface area contributed by atoms with Crippen LogP contribution < -0.4 is 15.9 Å². The van der Waals surface area contributed by atoms with Crippen LogP contribution in [0.5, 0.6) is 0 Å². The standard InChI is InChI=1S/C32H60N6O6/c1-13-15-26(39)36(10)19-27(40)37(11)24(17-20(3)4)31(43)35-28(22(7)8)32(44)38(12)25(18-21(5)6)30(42)34-23(9)29(41)33-16-14-2/h20-25,28H,13-19H2,1-12H3,(H,33,41)(H,34,42)(H,35,43)/t23-,24-,25-,28-/m0/s1/i/hD. The Morgan fingerprint density at radius 1 is 0.705 bits per heavy atom. The molecule has 0 spiro atoms. The van der Waals surface area contributed by atoms with Crippen LogP contribution in [-0.4, -0.2) is 109 Å². The van der Waals surface area contributed by atoms with E-state index in [1.807, 2.05) is 41.5 Å². The number of nitrogens with one attached hydrogen (secondary N) is 3. The number of hydrogen-bond acceptors (Lipinski definition) is 6. The average molecular weight is 626 g/mol. The lowest BCUT2D eigenvalue weighted by Gasteiger charge is -2.35. The van der Waals surface area contributed by atoms with Gasteiger partial charge in [-0.15, -0.1) is 0 Å². The Kier molecular flexibility index (Phi) is 17.6. The third-order valence-corrected chi connectivity index (χ3v) is 7.40. The van der Waals surface area contributed by atoms with Crippen LogP contribution in [0.25, 0.3) is 0 Å². The van der Waals surface area contributed by atoms with Crippen molar-refractivity contribution < 1.29 is 30.2 Å². The molecule has 0 unspecified atom stereocenters. The molecule has 12 nitrogen and oxygen atoms in total. The molecule has 0 bridgehead atoms. The topological polar surface area (TPSA) is 148 Å². The summed E-state index contributed by atoms with van der Waals surface area (Å²) in [5, 5.41) is 6.14. The second-order valence-electron chi connectivity index (χ2n) is 12.9. The van der Waals surface area contributed by atoms with Crippen LogP contribution in [0.15, 0.2) is 0 Å². The van der Waals surface area contributed by atoms with Gasteiger partial charge in [0.25, 0.3) is 0 Å². The smallest absolute Gasteiger partial charge is 0.245 e. The van der Waals surface area contributed by atoms with Crippen LogP contribution in [0, 0.1) is 17.8 Å². The highest BCUT2D eigenvalue weighted by Crippen LogP contribution is 2.17. The minimum Gasteiger partial charge on any atom is -0.354 e. The van der Waals surface area contributed by atoms with E-state index in [1.54, 1.807) is 20.9 Å². The highest BCUT2D eigenvalue weighted by Gasteiger charge is 2.37. The highest BCUT2D eigenvalue weighted by molar-refractivity contribution is 5.96. The van der Waals surface area contributed by atoms with E-state index in [2.05, 4.69) is 10.6 Å². The van der Waals surface area contributed by atoms with E-state index in [9.17, 15) is 28.8 Å². The van der Waals surface area contributed by atoms with E-state index in [1.165, 1.54) is 35.7 Å². The van der Waals surface area contributed by atoms with Crippen molar-refractivity contribution in [3.8, 4) is 0 Å². The Morgan fingerprint density at radius 2 is 1.23 bits per heavy atom. The first-order valence-corrected chi connectivity index (χ1v) is 16.0. The lowest BCUT2D eigenvalue weighted by Crippen LogP contribution is -2.60. The second kappa shape index (κ2) is 20.0. The van der Waals surface area contributed by atoms with Gasteiger partial charge in [0.1, 0.15) is 24.2 Å². The summed E-state index contributed by atoms with van der Waals surface area (Å²) in [6.45, 7) is 16.7. The fourth-order valence-corrected chi connectivity index (χ4v) is 4.61. The first kappa shape index (κ1) is 38.8. The molecule has 0 aromatic carbocycles. The lowest BCUT2D eigenvalue weighted by atomic mass is 9.97. The molecule has 0 fully saturated rings. The zero-order valence-electron chi connectivity index (χ0n) is 30.2. The molecule has 0 radical (unpaired) electrons. The first-order chi connectivity index (χ1) is 20.8. The van der Waals surface area contributed by atoms with Gasteiger partial charge in [-0.3, -0.25) is 28.8 Å². The summed E-state index contributed by atoms with van der Waals surface area (Å²) in [4.78, 5) is 83.0. The van der Waals surface area contributed by atoms with Crippen LogP contribution >= 0.6 is 0 Å². The van der Waals surface area contributed by atoms with Gasteiger partial charge in [-0.05, 0) is 50.4 Å². The molecular formula is C32H60N6O6. The van der Waals surface area contributed by atoms with Crippen LogP contribution in [0.2, 0.25) is 1.41 Å². The van der Waals surface area contributed by atoms with Gasteiger partial charge in [0.15, 0.2) is 1.41 Å². The normalized spacial score (nSPS) is 14.3. The van der Waals surface area contributed by atoms with Crippen molar-refractivity contribution in [2.45, 2.75) is 119 Å². The summed E-state index contributed by atoms with van der Waals surface area (Å²) >= 11 is 0. The average Bonchev–Trinajstić information content (AvgIpc) is 2.97. The number of carbonyl (C=O) groups excluding carboxylic acids is 6. The first-order valence-electron chi connectivity index (χ1n) is 16.4. The van der Waals surface area contributed by atoms with Gasteiger partial charge in [0.05, 0.1) is 6.54 Å². The number of amides is 6. The lowest BCUT2D eigenvalue weighted by molar-refractivity contribution is -0.146. The summed E-state index contributed by atoms with van der Waals surface area (Å²) in [5.74, 6) is -3.10. The molecule has 44 heavy (non-hydrogen) atoms. The molecule has 0 aliphatic heterocycles. The van der Waals surface area contributed by atoms with Gasteiger partial charge < -0.3 is 30.6 Å². The summed E-state index contributed by atoms with van der Waals surface area (Å²) < 4.78 is 8.42. The minimum absolute atomic E-state index is 0.0173. The van der Waals surface area contributed by atoms with Crippen LogP contribution in [-0.2, 0) is 28.8 Å². The summed E-state index contributed by atoms with van der Waals surface area (Å²) in [7, 11) is 4.54. The number of nitrogens with zero attached hydrogens (tertiary/aromatic N) is 3. The maximum Gasteiger partial charge on any atom is 0.245 e. The monoisotopic (exact) mass is 625 g/mol. The molecule has 0 aromatic rings. The Labute approximate surface area is 266 Å². The summed E-state index contributed by atoms with van der Waals surface area (Å²) in [6, 6.07) is -4.03. The Hall–Kier alpha value is -3.18. The van der Waals surface area contributed by atoms with Crippen molar-refractivity contribution in [3.05, 3.63) is 0 Å². The predicted octanol–water partition coefficient (Wildman–Crippen LogP) is 2.16. The SMILES string of the molecule is [2H]N(C(=O)[C@H](CC(C)C)N(C)C(=O)[C@@H](NC(=O)[C@H](CC(C)C)N(C)C(=O)CN(C)C(=O)CCC)C(C)C)[C@@H](C)C(=O)NCCC. The van der Waals surface area contributed by atoms with Crippen LogP contribution in [0.4, 0.5) is 0 Å². The molecule has 0 aromatic heterocycles. The van der Waals surface area contributed by atoms with Gasteiger partial charge in [-0.25, -0.2) is 0 Å². The zero-order valence-corrected chi connectivity index (χ0v) is 29.2. The number of likely N-dealkylation sites (N-methyl/N-ethyl adjacent to an activating group) is 3. The molecule has 4 atom stereocenters. The number of rotatable bonds is 19. The Bertz CT molecular complexity index is 1010. The largest absolute Gasteiger partial charge is 0.354 e. The third-order valence-electron chi connectivity index (χ3n) is 7.40. The van der Waals surface area contributed by atoms with Crippen molar-refractivity contribution in [2.75, 3.05) is 34.2 Å². The van der Waals surface area contributed by atoms with E-state index < -0.39 is 53.7 Å². The molecule has 0 rings (SSSR count). The van der Waals surface area contributed by atoms with Crippen molar-refractivity contribution in [2.24, 2.45) is 17.8 Å². The van der Waals surface area contributed by atoms with Crippen molar-refractivity contribution >= 4 is 35.4 Å². The van der Waals surface area contributed by atoms with E-state index in [-0.39, 0.29) is 36.6 Å². The quantitative estimate of drug-likeness (QED) is 0.200. The molecule has 0 saturated carbocycles. The van der Waals surface area contributed by atoms with Gasteiger partial charge >= 0.3 is 0 Å². The molecule has 0 heterocycles. The van der Waals surface area contributed by atoms with Crippen molar-refractivity contribution in [1.82, 2.24) is 30.6 Å². The van der Waals surface area contributed by atoms with Crippen LogP contribution in [0.3, 0.4) is 0 Å². The Morgan fingerprint density at radius 3 is 1.68 bits per heavy atom. The maximum absolute atomic E-state index is 13.9. The molecular weight excluding hydrogens is 564 g/mol. The summed E-state index contributed by atoms with van der Waals surface area (Å²) in [6.07, 6.45) is 2.25. The van der Waals surface area contributed by atoms with E-state index in [0.717, 1.165) is 0 Å². The van der Waals surface area contributed by atoms with Gasteiger partial charge in [-0.2, -0.15) is 0 Å². The van der Waals surface area contributed by atoms with Gasteiger partial charge in [-0.1, -0.05) is 55.4 Å².